The van der Waals surface area contributed by atoms with Crippen LogP contribution in [0.25, 0.3) is 0 Å². The Morgan fingerprint density at radius 2 is 1.96 bits per heavy atom. The first-order valence-electron chi connectivity index (χ1n) is 8.06. The van der Waals surface area contributed by atoms with Crippen LogP contribution in [0.1, 0.15) is 42.7 Å². The third-order valence-corrected chi connectivity index (χ3v) is 4.64. The SMILES string of the molecule is CCCCc1ccc(NC(=O)CC(NC(N)=O)c2cccs2)cc1. The number of benzene rings is 1. The molecule has 5 nitrogen and oxygen atoms in total. The zero-order chi connectivity index (χ0) is 17.4. The number of rotatable bonds is 8. The first-order chi connectivity index (χ1) is 11.6. The smallest absolute Gasteiger partial charge is 0.312 e. The number of carbonyl (C=O) groups is 2. The zero-order valence-electron chi connectivity index (χ0n) is 13.7. The van der Waals surface area contributed by atoms with E-state index in [0.29, 0.717) is 0 Å². The summed E-state index contributed by atoms with van der Waals surface area (Å²) in [6, 6.07) is 10.6. The number of anilines is 1. The lowest BCUT2D eigenvalue weighted by Gasteiger charge is -2.16. The number of hydrogen-bond acceptors (Lipinski definition) is 3. The third kappa shape index (κ3) is 5.70. The van der Waals surface area contributed by atoms with E-state index in [4.69, 9.17) is 5.73 Å². The number of nitrogens with one attached hydrogen (secondary N) is 2. The van der Waals surface area contributed by atoms with Crippen molar-refractivity contribution in [2.45, 2.75) is 38.6 Å². The van der Waals surface area contributed by atoms with Gasteiger partial charge in [-0.2, -0.15) is 0 Å². The molecule has 0 saturated heterocycles. The fraction of sp³-hybridized carbons (Fsp3) is 0.333. The van der Waals surface area contributed by atoms with E-state index in [-0.39, 0.29) is 12.3 Å². The van der Waals surface area contributed by atoms with E-state index >= 15 is 0 Å². The highest BCUT2D eigenvalue weighted by atomic mass is 32.1. The Morgan fingerprint density at radius 3 is 2.54 bits per heavy atom. The minimum Gasteiger partial charge on any atom is -0.352 e. The summed E-state index contributed by atoms with van der Waals surface area (Å²) in [6.45, 7) is 2.17. The Morgan fingerprint density at radius 1 is 1.21 bits per heavy atom. The van der Waals surface area contributed by atoms with Gasteiger partial charge in [0.25, 0.3) is 0 Å². The van der Waals surface area contributed by atoms with Gasteiger partial charge in [0.15, 0.2) is 0 Å². The van der Waals surface area contributed by atoms with Crippen molar-refractivity contribution in [2.24, 2.45) is 5.73 Å². The van der Waals surface area contributed by atoms with Crippen LogP contribution in [0, 0.1) is 0 Å². The average molecular weight is 345 g/mol. The maximum Gasteiger partial charge on any atom is 0.312 e. The lowest BCUT2D eigenvalue weighted by Crippen LogP contribution is -2.34. The molecule has 1 unspecified atom stereocenters. The summed E-state index contributed by atoms with van der Waals surface area (Å²) >= 11 is 1.48. The van der Waals surface area contributed by atoms with Crippen molar-refractivity contribution in [3.05, 3.63) is 52.2 Å². The number of hydrogen-bond donors (Lipinski definition) is 3. The van der Waals surface area contributed by atoms with Gasteiger partial charge in [-0.3, -0.25) is 4.79 Å². The summed E-state index contributed by atoms with van der Waals surface area (Å²) in [7, 11) is 0. The molecule has 1 heterocycles. The van der Waals surface area contributed by atoms with Crippen LogP contribution in [0.5, 0.6) is 0 Å². The number of nitrogens with two attached hydrogens (primary N) is 1. The Hall–Kier alpha value is -2.34. The quantitative estimate of drug-likeness (QED) is 0.679. The van der Waals surface area contributed by atoms with Crippen LogP contribution in [0.4, 0.5) is 10.5 Å². The molecule has 3 amide bonds. The predicted octanol–water partition coefficient (Wildman–Crippen LogP) is 3.83. The second-order valence-electron chi connectivity index (χ2n) is 5.63. The van der Waals surface area contributed by atoms with Crippen LogP contribution in [0.3, 0.4) is 0 Å². The lowest BCUT2D eigenvalue weighted by atomic mass is 10.1. The van der Waals surface area contributed by atoms with Crippen LogP contribution in [-0.2, 0) is 11.2 Å². The summed E-state index contributed by atoms with van der Waals surface area (Å²) < 4.78 is 0. The highest BCUT2D eigenvalue weighted by molar-refractivity contribution is 7.10. The number of unbranched alkanes of at least 4 members (excludes halogenated alkanes) is 1. The minimum absolute atomic E-state index is 0.140. The fourth-order valence-electron chi connectivity index (χ4n) is 2.42. The first-order valence-corrected chi connectivity index (χ1v) is 8.94. The molecule has 0 aliphatic rings. The van der Waals surface area contributed by atoms with E-state index in [0.717, 1.165) is 29.8 Å². The van der Waals surface area contributed by atoms with Gasteiger partial charge in [0, 0.05) is 10.6 Å². The van der Waals surface area contributed by atoms with E-state index < -0.39 is 12.1 Å². The average Bonchev–Trinajstić information content (AvgIpc) is 3.07. The van der Waals surface area contributed by atoms with Gasteiger partial charge < -0.3 is 16.4 Å². The van der Waals surface area contributed by atoms with Gasteiger partial charge in [-0.15, -0.1) is 11.3 Å². The van der Waals surface area contributed by atoms with E-state index in [1.807, 2.05) is 41.8 Å². The van der Waals surface area contributed by atoms with Crippen LogP contribution in [0.2, 0.25) is 0 Å². The zero-order valence-corrected chi connectivity index (χ0v) is 14.6. The topological polar surface area (TPSA) is 84.2 Å². The van der Waals surface area contributed by atoms with Crippen LogP contribution < -0.4 is 16.4 Å². The van der Waals surface area contributed by atoms with Crippen molar-refractivity contribution in [2.75, 3.05) is 5.32 Å². The van der Waals surface area contributed by atoms with Crippen molar-refractivity contribution < 1.29 is 9.59 Å². The van der Waals surface area contributed by atoms with Gasteiger partial charge in [0.1, 0.15) is 0 Å². The van der Waals surface area contributed by atoms with Crippen molar-refractivity contribution in [3.8, 4) is 0 Å². The van der Waals surface area contributed by atoms with Gasteiger partial charge in [-0.05, 0) is 42.0 Å². The second-order valence-corrected chi connectivity index (χ2v) is 6.61. The number of carbonyl (C=O) groups excluding carboxylic acids is 2. The molecule has 0 bridgehead atoms. The molecule has 6 heteroatoms. The molecule has 4 N–H and O–H groups in total. The lowest BCUT2D eigenvalue weighted by molar-refractivity contribution is -0.116. The summed E-state index contributed by atoms with van der Waals surface area (Å²) in [5.41, 5.74) is 7.23. The molecular weight excluding hydrogens is 322 g/mol. The van der Waals surface area contributed by atoms with Crippen LogP contribution >= 0.6 is 11.3 Å². The molecule has 0 radical (unpaired) electrons. The van der Waals surface area contributed by atoms with Gasteiger partial charge >= 0.3 is 6.03 Å². The largest absolute Gasteiger partial charge is 0.352 e. The molecule has 1 aromatic heterocycles. The predicted molar refractivity (Wildman–Crippen MR) is 98.1 cm³/mol. The molecular formula is C18H23N3O2S. The molecule has 1 atom stereocenters. The monoisotopic (exact) mass is 345 g/mol. The summed E-state index contributed by atoms with van der Waals surface area (Å²) in [4.78, 5) is 24.3. The molecule has 2 rings (SSSR count). The summed E-state index contributed by atoms with van der Waals surface area (Å²) in [5, 5.41) is 7.38. The van der Waals surface area contributed by atoms with Crippen molar-refractivity contribution in [3.63, 3.8) is 0 Å². The van der Waals surface area contributed by atoms with Gasteiger partial charge in [-0.1, -0.05) is 31.5 Å². The van der Waals surface area contributed by atoms with Crippen LogP contribution in [-0.4, -0.2) is 11.9 Å². The third-order valence-electron chi connectivity index (χ3n) is 3.65. The fourth-order valence-corrected chi connectivity index (χ4v) is 3.20. The second kappa shape index (κ2) is 9.08. The molecule has 128 valence electrons. The number of amides is 3. The Balaban J connectivity index is 1.94. The van der Waals surface area contributed by atoms with Gasteiger partial charge in [-0.25, -0.2) is 4.79 Å². The van der Waals surface area contributed by atoms with Gasteiger partial charge in [0.05, 0.1) is 12.5 Å². The molecule has 1 aromatic carbocycles. The van der Waals surface area contributed by atoms with E-state index in [9.17, 15) is 9.59 Å². The van der Waals surface area contributed by atoms with Crippen LogP contribution in [0.15, 0.2) is 41.8 Å². The molecule has 0 spiro atoms. The highest BCUT2D eigenvalue weighted by Gasteiger charge is 2.18. The Kier molecular flexibility index (Phi) is 6.81. The van der Waals surface area contributed by atoms with Crippen molar-refractivity contribution in [1.82, 2.24) is 5.32 Å². The molecule has 0 aliphatic heterocycles. The van der Waals surface area contributed by atoms with E-state index in [1.165, 1.54) is 16.9 Å². The molecule has 0 fully saturated rings. The number of primary amides is 1. The Bertz CT molecular complexity index is 653. The molecule has 2 aromatic rings. The maximum atomic E-state index is 12.3. The number of thiophene rings is 1. The summed E-state index contributed by atoms with van der Waals surface area (Å²) in [6.07, 6.45) is 3.51. The standard InChI is InChI=1S/C18H23N3O2S/c1-2-3-5-13-7-9-14(10-8-13)20-17(22)12-15(21-18(19)23)16-6-4-11-24-16/h4,6-11,15H,2-3,5,12H2,1H3,(H,20,22)(H3,19,21,23). The normalized spacial score (nSPS) is 11.7. The summed E-state index contributed by atoms with van der Waals surface area (Å²) in [5.74, 6) is -0.163. The Labute approximate surface area is 146 Å². The maximum absolute atomic E-state index is 12.3. The molecule has 0 aliphatic carbocycles. The van der Waals surface area contributed by atoms with E-state index in [2.05, 4.69) is 17.6 Å². The van der Waals surface area contributed by atoms with Crippen molar-refractivity contribution >= 4 is 29.0 Å². The number of urea groups is 1. The first kappa shape index (κ1) is 18.0. The van der Waals surface area contributed by atoms with Gasteiger partial charge in [0.2, 0.25) is 5.91 Å². The van der Waals surface area contributed by atoms with Crippen molar-refractivity contribution in [1.29, 1.82) is 0 Å². The molecule has 0 saturated carbocycles. The molecule has 24 heavy (non-hydrogen) atoms. The minimum atomic E-state index is -0.638. The number of aryl methyl sites for hydroxylation is 1. The highest BCUT2D eigenvalue weighted by Crippen LogP contribution is 2.22. The van der Waals surface area contributed by atoms with E-state index in [1.54, 1.807) is 0 Å².